The number of hydrogen-bond acceptors (Lipinski definition) is 2. The lowest BCUT2D eigenvalue weighted by Gasteiger charge is -2.12. The van der Waals surface area contributed by atoms with Crippen LogP contribution in [-0.2, 0) is 6.42 Å². The van der Waals surface area contributed by atoms with Crippen molar-refractivity contribution in [1.29, 1.82) is 0 Å². The molecule has 0 saturated heterocycles. The Hall–Kier alpha value is -2.56. The van der Waals surface area contributed by atoms with Gasteiger partial charge in [-0.15, -0.1) is 0 Å². The third kappa shape index (κ3) is 3.07. The van der Waals surface area contributed by atoms with Crippen LogP contribution in [0.5, 0.6) is 0 Å². The van der Waals surface area contributed by atoms with Crippen LogP contribution < -0.4 is 5.32 Å². The lowest BCUT2D eigenvalue weighted by atomic mass is 10.1. The monoisotopic (exact) mass is 324 g/mol. The maximum Gasteiger partial charge on any atom is 0.254 e. The van der Waals surface area contributed by atoms with Gasteiger partial charge < -0.3 is 10.3 Å². The van der Waals surface area contributed by atoms with Gasteiger partial charge in [-0.2, -0.15) is 5.10 Å². The van der Waals surface area contributed by atoms with E-state index in [1.807, 2.05) is 29.9 Å². The van der Waals surface area contributed by atoms with Crippen molar-refractivity contribution >= 4 is 16.8 Å². The summed E-state index contributed by atoms with van der Waals surface area (Å²) in [5, 5.41) is 8.58. The zero-order valence-corrected chi connectivity index (χ0v) is 14.5. The third-order valence-electron chi connectivity index (χ3n) is 4.65. The van der Waals surface area contributed by atoms with Gasteiger partial charge in [0.25, 0.3) is 5.91 Å². The van der Waals surface area contributed by atoms with Gasteiger partial charge in [0.1, 0.15) is 0 Å². The molecular weight excluding hydrogens is 300 g/mol. The van der Waals surface area contributed by atoms with Crippen molar-refractivity contribution < 1.29 is 4.79 Å². The molecule has 24 heavy (non-hydrogen) atoms. The van der Waals surface area contributed by atoms with Crippen molar-refractivity contribution in [2.45, 2.75) is 39.7 Å². The fourth-order valence-electron chi connectivity index (χ4n) is 3.01. The van der Waals surface area contributed by atoms with E-state index in [9.17, 15) is 4.79 Å². The number of H-pyrrole nitrogens is 1. The number of rotatable bonds is 6. The van der Waals surface area contributed by atoms with Gasteiger partial charge in [-0.05, 0) is 38.3 Å². The molecule has 0 saturated carbocycles. The Morgan fingerprint density at radius 1 is 1.38 bits per heavy atom. The zero-order valence-electron chi connectivity index (χ0n) is 14.5. The smallest absolute Gasteiger partial charge is 0.254 e. The normalized spacial score (nSPS) is 12.5. The van der Waals surface area contributed by atoms with E-state index in [2.05, 4.69) is 41.4 Å². The average molecular weight is 324 g/mol. The van der Waals surface area contributed by atoms with Gasteiger partial charge in [-0.1, -0.05) is 25.1 Å². The van der Waals surface area contributed by atoms with Gasteiger partial charge in [0.2, 0.25) is 0 Å². The standard InChI is InChI=1S/C19H24N4O/c1-4-13(2)23-14(3)17(12-22-23)19(24)20-10-9-15-11-21-18-8-6-5-7-16(15)18/h5-8,11-13,21H,4,9-10H2,1-3H3,(H,20,24)/t13-/m1/s1. The number of carbonyl (C=O) groups excluding carboxylic acids is 1. The molecule has 2 N–H and O–H groups in total. The van der Waals surface area contributed by atoms with Gasteiger partial charge in [0.05, 0.1) is 11.8 Å². The van der Waals surface area contributed by atoms with Gasteiger partial charge in [-0.3, -0.25) is 9.48 Å². The highest BCUT2D eigenvalue weighted by Crippen LogP contribution is 2.18. The summed E-state index contributed by atoms with van der Waals surface area (Å²) >= 11 is 0. The quantitative estimate of drug-likeness (QED) is 0.727. The molecule has 3 aromatic rings. The number of carbonyl (C=O) groups is 1. The van der Waals surface area contributed by atoms with Crippen LogP contribution in [0.4, 0.5) is 0 Å². The first-order chi connectivity index (χ1) is 11.6. The first-order valence-electron chi connectivity index (χ1n) is 8.49. The van der Waals surface area contributed by atoms with Crippen molar-refractivity contribution in [2.75, 3.05) is 6.54 Å². The molecule has 0 radical (unpaired) electrons. The second-order valence-electron chi connectivity index (χ2n) is 6.21. The average Bonchev–Trinajstić information content (AvgIpc) is 3.18. The van der Waals surface area contributed by atoms with Crippen molar-refractivity contribution in [1.82, 2.24) is 20.1 Å². The first kappa shape index (κ1) is 16.3. The van der Waals surface area contributed by atoms with E-state index in [-0.39, 0.29) is 5.91 Å². The van der Waals surface area contributed by atoms with E-state index in [0.29, 0.717) is 18.2 Å². The molecule has 2 aromatic heterocycles. The Bertz CT molecular complexity index is 846. The van der Waals surface area contributed by atoms with Crippen molar-refractivity contribution in [2.24, 2.45) is 0 Å². The molecule has 0 aliphatic rings. The van der Waals surface area contributed by atoms with Crippen LogP contribution in [0.2, 0.25) is 0 Å². The van der Waals surface area contributed by atoms with E-state index in [1.54, 1.807) is 6.20 Å². The number of nitrogens with one attached hydrogen (secondary N) is 2. The number of hydrogen-bond donors (Lipinski definition) is 2. The van der Waals surface area contributed by atoms with E-state index in [1.165, 1.54) is 10.9 Å². The highest BCUT2D eigenvalue weighted by Gasteiger charge is 2.16. The summed E-state index contributed by atoms with van der Waals surface area (Å²) in [4.78, 5) is 15.7. The molecule has 5 nitrogen and oxygen atoms in total. The van der Waals surface area contributed by atoms with Crippen LogP contribution in [0.25, 0.3) is 10.9 Å². The van der Waals surface area contributed by atoms with Gasteiger partial charge >= 0.3 is 0 Å². The molecule has 0 fully saturated rings. The van der Waals surface area contributed by atoms with Crippen molar-refractivity contribution in [3.63, 3.8) is 0 Å². The fourth-order valence-corrected chi connectivity index (χ4v) is 3.01. The van der Waals surface area contributed by atoms with Crippen LogP contribution >= 0.6 is 0 Å². The summed E-state index contributed by atoms with van der Waals surface area (Å²) in [5.41, 5.74) is 3.94. The van der Waals surface area contributed by atoms with Crippen LogP contribution in [0.3, 0.4) is 0 Å². The van der Waals surface area contributed by atoms with Crippen LogP contribution in [-0.4, -0.2) is 27.2 Å². The van der Waals surface area contributed by atoms with Crippen molar-refractivity contribution in [3.8, 4) is 0 Å². The summed E-state index contributed by atoms with van der Waals surface area (Å²) < 4.78 is 1.93. The first-order valence-corrected chi connectivity index (χ1v) is 8.49. The molecule has 1 aromatic carbocycles. The number of nitrogens with zero attached hydrogens (tertiary/aromatic N) is 2. The number of amides is 1. The zero-order chi connectivity index (χ0) is 17.1. The Morgan fingerprint density at radius 3 is 2.96 bits per heavy atom. The Labute approximate surface area is 142 Å². The molecule has 0 spiro atoms. The largest absolute Gasteiger partial charge is 0.361 e. The molecule has 1 amide bonds. The Balaban J connectivity index is 1.63. The number of benzene rings is 1. The van der Waals surface area contributed by atoms with E-state index in [4.69, 9.17) is 0 Å². The third-order valence-corrected chi connectivity index (χ3v) is 4.65. The SMILES string of the molecule is CC[C@@H](C)n1ncc(C(=O)NCCc2c[nH]c3ccccc23)c1C. The predicted molar refractivity (Wildman–Crippen MR) is 96.3 cm³/mol. The molecule has 0 aliphatic carbocycles. The van der Waals surface area contributed by atoms with Gasteiger partial charge in [-0.25, -0.2) is 0 Å². The number of para-hydroxylation sites is 1. The van der Waals surface area contributed by atoms with E-state index >= 15 is 0 Å². The molecule has 126 valence electrons. The number of aromatic nitrogens is 3. The molecule has 5 heteroatoms. The molecular formula is C19H24N4O. The molecule has 0 unspecified atom stereocenters. The minimum absolute atomic E-state index is 0.0538. The summed E-state index contributed by atoms with van der Waals surface area (Å²) in [6.07, 6.45) is 5.48. The van der Waals surface area contributed by atoms with Gasteiger partial charge in [0, 0.05) is 35.4 Å². The van der Waals surface area contributed by atoms with Gasteiger partial charge in [0.15, 0.2) is 0 Å². The molecule has 3 rings (SSSR count). The summed E-state index contributed by atoms with van der Waals surface area (Å²) in [7, 11) is 0. The highest BCUT2D eigenvalue weighted by molar-refractivity contribution is 5.95. The number of fused-ring (bicyclic) bond motifs is 1. The lowest BCUT2D eigenvalue weighted by Crippen LogP contribution is -2.26. The minimum Gasteiger partial charge on any atom is -0.361 e. The number of aromatic amines is 1. The second kappa shape index (κ2) is 6.91. The van der Waals surface area contributed by atoms with Crippen LogP contribution in [0.1, 0.15) is 47.9 Å². The molecule has 2 heterocycles. The fraction of sp³-hybridized carbons (Fsp3) is 0.368. The lowest BCUT2D eigenvalue weighted by molar-refractivity contribution is 0.0953. The molecule has 0 bridgehead atoms. The minimum atomic E-state index is -0.0538. The maximum atomic E-state index is 12.4. The second-order valence-corrected chi connectivity index (χ2v) is 6.21. The summed E-state index contributed by atoms with van der Waals surface area (Å²) in [6.45, 7) is 6.79. The Kier molecular flexibility index (Phi) is 4.69. The van der Waals surface area contributed by atoms with Crippen LogP contribution in [0.15, 0.2) is 36.7 Å². The van der Waals surface area contributed by atoms with E-state index < -0.39 is 0 Å². The summed E-state index contributed by atoms with van der Waals surface area (Å²) in [6, 6.07) is 8.51. The van der Waals surface area contributed by atoms with Crippen LogP contribution in [0, 0.1) is 6.92 Å². The van der Waals surface area contributed by atoms with E-state index in [0.717, 1.165) is 24.1 Å². The Morgan fingerprint density at radius 2 is 2.17 bits per heavy atom. The molecule has 0 aliphatic heterocycles. The van der Waals surface area contributed by atoms with Crippen molar-refractivity contribution in [3.05, 3.63) is 53.5 Å². The topological polar surface area (TPSA) is 62.7 Å². The predicted octanol–water partition coefficient (Wildman–Crippen LogP) is 3.62. The highest BCUT2D eigenvalue weighted by atomic mass is 16.1. The molecule has 1 atom stereocenters. The summed E-state index contributed by atoms with van der Waals surface area (Å²) in [5.74, 6) is -0.0538. The maximum absolute atomic E-state index is 12.4.